The molecular weight excluding hydrogens is 353 g/mol. The Morgan fingerprint density at radius 3 is 2.85 bits per heavy atom. The van der Waals surface area contributed by atoms with Crippen LogP contribution in [0.25, 0.3) is 0 Å². The first-order valence-electron chi connectivity index (χ1n) is 8.57. The summed E-state index contributed by atoms with van der Waals surface area (Å²) in [5, 5.41) is 3.76. The van der Waals surface area contributed by atoms with Crippen LogP contribution in [0.1, 0.15) is 16.8 Å². The molecule has 2 amide bonds. The Morgan fingerprint density at radius 1 is 1.27 bits per heavy atom. The Hall–Kier alpha value is -2.25. The summed E-state index contributed by atoms with van der Waals surface area (Å²) >= 11 is 1.51. The molecule has 2 fully saturated rings. The maximum Gasteiger partial charge on any atom is 0.254 e. The second-order valence-corrected chi connectivity index (χ2v) is 7.81. The zero-order valence-corrected chi connectivity index (χ0v) is 15.3. The Kier molecular flexibility index (Phi) is 4.28. The molecule has 3 heterocycles. The first-order chi connectivity index (χ1) is 12.5. The van der Waals surface area contributed by atoms with Gasteiger partial charge < -0.3 is 9.80 Å². The number of hydrogen-bond acceptors (Lipinski definition) is 4. The normalized spacial score (nSPS) is 23.8. The molecule has 2 saturated heterocycles. The highest BCUT2D eigenvalue weighted by Gasteiger charge is 2.48. The Balaban J connectivity index is 1.57. The Labute approximate surface area is 155 Å². The molecule has 0 unspecified atom stereocenters. The SMILES string of the molecule is CN1CC(=O)N(c2cccc(F)c2)C[C@]12CCN(C(=O)c1ccsc1)C2. The molecular formula is C19H20FN3O2S. The van der Waals surface area contributed by atoms with Crippen LogP contribution in [0.15, 0.2) is 41.1 Å². The van der Waals surface area contributed by atoms with E-state index in [-0.39, 0.29) is 29.7 Å². The number of likely N-dealkylation sites (tertiary alicyclic amines) is 1. The maximum atomic E-state index is 13.6. The average Bonchev–Trinajstić information content (AvgIpc) is 3.29. The maximum absolute atomic E-state index is 13.6. The van der Waals surface area contributed by atoms with Crippen molar-refractivity contribution in [1.82, 2.24) is 9.80 Å². The molecule has 2 aliphatic heterocycles. The van der Waals surface area contributed by atoms with Crippen molar-refractivity contribution >= 4 is 28.8 Å². The number of anilines is 1. The van der Waals surface area contributed by atoms with Gasteiger partial charge in [-0.15, -0.1) is 0 Å². The summed E-state index contributed by atoms with van der Waals surface area (Å²) in [6.07, 6.45) is 0.790. The predicted octanol–water partition coefficient (Wildman–Crippen LogP) is 2.45. The fraction of sp³-hybridized carbons (Fsp3) is 0.368. The molecule has 1 aromatic carbocycles. The van der Waals surface area contributed by atoms with E-state index in [9.17, 15) is 14.0 Å². The third-order valence-electron chi connectivity index (χ3n) is 5.44. The minimum absolute atomic E-state index is 0.0331. The van der Waals surface area contributed by atoms with Crippen LogP contribution in [0.3, 0.4) is 0 Å². The largest absolute Gasteiger partial charge is 0.337 e. The van der Waals surface area contributed by atoms with E-state index in [1.54, 1.807) is 17.0 Å². The van der Waals surface area contributed by atoms with Gasteiger partial charge in [0.05, 0.1) is 17.6 Å². The number of nitrogens with zero attached hydrogens (tertiary/aromatic N) is 3. The van der Waals surface area contributed by atoms with Crippen LogP contribution in [-0.4, -0.2) is 60.4 Å². The molecule has 2 aromatic rings. The molecule has 0 aliphatic carbocycles. The number of benzene rings is 1. The zero-order chi connectivity index (χ0) is 18.3. The van der Waals surface area contributed by atoms with Crippen LogP contribution < -0.4 is 4.90 Å². The zero-order valence-electron chi connectivity index (χ0n) is 14.5. The van der Waals surface area contributed by atoms with Crippen molar-refractivity contribution in [2.24, 2.45) is 0 Å². The number of piperazine rings is 1. The molecule has 0 N–H and O–H groups in total. The average molecular weight is 373 g/mol. The van der Waals surface area contributed by atoms with Crippen molar-refractivity contribution < 1.29 is 14.0 Å². The lowest BCUT2D eigenvalue weighted by molar-refractivity contribution is -0.123. The van der Waals surface area contributed by atoms with Crippen molar-refractivity contribution in [1.29, 1.82) is 0 Å². The summed E-state index contributed by atoms with van der Waals surface area (Å²) in [6, 6.07) is 7.97. The number of amides is 2. The standard InChI is InChI=1S/C19H20FN3O2S/c1-21-10-17(24)23(16-4-2-3-15(20)9-16)13-19(21)6-7-22(12-19)18(25)14-5-8-26-11-14/h2-5,8-9,11H,6-7,10,12-13H2,1H3/t19-/m1/s1. The number of hydrogen-bond donors (Lipinski definition) is 0. The van der Waals surface area contributed by atoms with Crippen molar-refractivity contribution in [2.75, 3.05) is 38.1 Å². The summed E-state index contributed by atoms with van der Waals surface area (Å²) in [6.45, 7) is 1.94. The fourth-order valence-corrected chi connectivity index (χ4v) is 4.51. The monoisotopic (exact) mass is 373 g/mol. The van der Waals surface area contributed by atoms with Gasteiger partial charge in [-0.1, -0.05) is 6.07 Å². The molecule has 7 heteroatoms. The third kappa shape index (κ3) is 2.91. The highest BCUT2D eigenvalue weighted by molar-refractivity contribution is 7.08. The van der Waals surface area contributed by atoms with Crippen LogP contribution >= 0.6 is 11.3 Å². The molecule has 1 aromatic heterocycles. The van der Waals surface area contributed by atoms with Gasteiger partial charge in [-0.05, 0) is 43.1 Å². The lowest BCUT2D eigenvalue weighted by Gasteiger charge is -2.46. The molecule has 0 radical (unpaired) electrons. The lowest BCUT2D eigenvalue weighted by atomic mass is 9.92. The summed E-state index contributed by atoms with van der Waals surface area (Å²) < 4.78 is 13.6. The van der Waals surface area contributed by atoms with Crippen LogP contribution in [0, 0.1) is 5.82 Å². The van der Waals surface area contributed by atoms with E-state index in [0.29, 0.717) is 30.9 Å². The van der Waals surface area contributed by atoms with Gasteiger partial charge in [0.15, 0.2) is 0 Å². The second-order valence-electron chi connectivity index (χ2n) is 7.03. The van der Waals surface area contributed by atoms with Gasteiger partial charge in [0, 0.05) is 30.7 Å². The molecule has 1 atom stereocenters. The smallest absolute Gasteiger partial charge is 0.254 e. The summed E-state index contributed by atoms with van der Waals surface area (Å²) in [5.41, 5.74) is 0.986. The van der Waals surface area contributed by atoms with Gasteiger partial charge in [0.25, 0.3) is 5.91 Å². The van der Waals surface area contributed by atoms with E-state index in [2.05, 4.69) is 0 Å². The Morgan fingerprint density at radius 2 is 2.12 bits per heavy atom. The number of carbonyl (C=O) groups excluding carboxylic acids is 2. The number of halogens is 1. The minimum Gasteiger partial charge on any atom is -0.337 e. The number of thiophene rings is 1. The quantitative estimate of drug-likeness (QED) is 0.812. The molecule has 2 aliphatic rings. The summed E-state index contributed by atoms with van der Waals surface area (Å²) in [5.74, 6) is -0.374. The van der Waals surface area contributed by atoms with E-state index in [1.807, 2.05) is 33.7 Å². The topological polar surface area (TPSA) is 43.9 Å². The van der Waals surface area contributed by atoms with Gasteiger partial charge in [-0.2, -0.15) is 11.3 Å². The van der Waals surface area contributed by atoms with Gasteiger partial charge in [0.2, 0.25) is 5.91 Å². The molecule has 4 rings (SSSR count). The number of rotatable bonds is 2. The predicted molar refractivity (Wildman–Crippen MR) is 99.0 cm³/mol. The van der Waals surface area contributed by atoms with E-state index in [0.717, 1.165) is 6.42 Å². The van der Waals surface area contributed by atoms with Gasteiger partial charge >= 0.3 is 0 Å². The van der Waals surface area contributed by atoms with E-state index < -0.39 is 0 Å². The van der Waals surface area contributed by atoms with Crippen LogP contribution in [0.2, 0.25) is 0 Å². The first kappa shape index (κ1) is 17.2. The van der Waals surface area contributed by atoms with Gasteiger partial charge in [0.1, 0.15) is 5.82 Å². The lowest BCUT2D eigenvalue weighted by Crippen LogP contribution is -2.64. The highest BCUT2D eigenvalue weighted by atomic mass is 32.1. The minimum atomic E-state index is -0.357. The molecule has 5 nitrogen and oxygen atoms in total. The van der Waals surface area contributed by atoms with Crippen molar-refractivity contribution in [3.63, 3.8) is 0 Å². The van der Waals surface area contributed by atoms with Crippen molar-refractivity contribution in [3.05, 3.63) is 52.5 Å². The molecule has 1 spiro atoms. The Bertz CT molecular complexity index is 841. The second kappa shape index (κ2) is 6.48. The molecule has 0 bridgehead atoms. The third-order valence-corrected chi connectivity index (χ3v) is 6.13. The summed E-state index contributed by atoms with van der Waals surface area (Å²) in [4.78, 5) is 30.8. The van der Waals surface area contributed by atoms with Crippen LogP contribution in [0.4, 0.5) is 10.1 Å². The number of carbonyl (C=O) groups is 2. The van der Waals surface area contributed by atoms with Gasteiger partial charge in [-0.3, -0.25) is 14.5 Å². The van der Waals surface area contributed by atoms with E-state index in [1.165, 1.54) is 23.5 Å². The van der Waals surface area contributed by atoms with Crippen molar-refractivity contribution in [2.45, 2.75) is 12.0 Å². The molecule has 136 valence electrons. The van der Waals surface area contributed by atoms with Crippen molar-refractivity contribution in [3.8, 4) is 0 Å². The summed E-state index contributed by atoms with van der Waals surface area (Å²) in [7, 11) is 1.93. The van der Waals surface area contributed by atoms with Crippen LogP contribution in [-0.2, 0) is 4.79 Å². The highest BCUT2D eigenvalue weighted by Crippen LogP contribution is 2.34. The van der Waals surface area contributed by atoms with E-state index in [4.69, 9.17) is 0 Å². The van der Waals surface area contributed by atoms with E-state index >= 15 is 0 Å². The molecule has 0 saturated carbocycles. The molecule has 26 heavy (non-hydrogen) atoms. The first-order valence-corrected chi connectivity index (χ1v) is 9.51. The fourth-order valence-electron chi connectivity index (χ4n) is 3.88. The number of likely N-dealkylation sites (N-methyl/N-ethyl adjacent to an activating group) is 1. The van der Waals surface area contributed by atoms with Gasteiger partial charge in [-0.25, -0.2) is 4.39 Å². The van der Waals surface area contributed by atoms with Crippen LogP contribution in [0.5, 0.6) is 0 Å².